The molecule has 15 atom stereocenters. The normalized spacial score (nSPS) is 56.2. The van der Waals surface area contributed by atoms with Gasteiger partial charge >= 0.3 is 0 Å². The fourth-order valence-electron chi connectivity index (χ4n) is 8.48. The Morgan fingerprint density at radius 1 is 0.846 bits per heavy atom. The first kappa shape index (κ1) is 27.0. The van der Waals surface area contributed by atoms with Gasteiger partial charge in [-0.15, -0.1) is 0 Å². The van der Waals surface area contributed by atoms with Gasteiger partial charge in [-0.25, -0.2) is 0 Å². The predicted molar refractivity (Wildman–Crippen MR) is 142 cm³/mol. The van der Waals surface area contributed by atoms with Crippen molar-refractivity contribution in [2.75, 3.05) is 0 Å². The third-order valence-electron chi connectivity index (χ3n) is 10.8. The van der Waals surface area contributed by atoms with E-state index in [0.717, 1.165) is 44.1 Å². The van der Waals surface area contributed by atoms with Crippen molar-refractivity contribution in [3.63, 3.8) is 0 Å². The quantitative estimate of drug-likeness (QED) is 0.501. The molecule has 0 saturated carbocycles. The highest BCUT2D eigenvalue weighted by Crippen LogP contribution is 2.58. The van der Waals surface area contributed by atoms with E-state index in [9.17, 15) is 5.11 Å². The van der Waals surface area contributed by atoms with Gasteiger partial charge in [-0.3, -0.25) is 0 Å². The number of fused-ring (bicyclic) bond motifs is 1. The van der Waals surface area contributed by atoms with Crippen molar-refractivity contribution in [1.29, 1.82) is 0 Å². The lowest BCUT2D eigenvalue weighted by Gasteiger charge is -2.47. The molecule has 1 N–H and O–H groups in total. The molecule has 0 spiro atoms. The Labute approximate surface area is 232 Å². The molecule has 6 bridgehead atoms. The topological polar surface area (TPSA) is 84.8 Å². The van der Waals surface area contributed by atoms with Crippen LogP contribution < -0.4 is 0 Å². The zero-order valence-corrected chi connectivity index (χ0v) is 23.9. The standard InChI is InChI=1S/C31H46O8/c1-15-13-20(34-19(5)18(15)4)8-10-22-16(2)14-21(35-22)11-12-31-29(32)30(6)28(39-31)27-26(37-30)25(38-31)24-23(36-27)9-7-17(3)33-24/h15,17,19-29,32H,2,4,7-14H2,1,3,5-6H3/t15-,17+,19-,20+,21+,22+,23+,24+,25+,26+,27-,28?,29-,30-,31-/m1/s1. The van der Waals surface area contributed by atoms with Crippen molar-refractivity contribution in [3.8, 4) is 0 Å². The Kier molecular flexibility index (Phi) is 6.65. The molecule has 218 valence electrons. The third kappa shape index (κ3) is 4.23. The molecule has 8 heteroatoms. The van der Waals surface area contributed by atoms with E-state index in [1.807, 2.05) is 6.92 Å². The molecule has 0 radical (unpaired) electrons. The van der Waals surface area contributed by atoms with E-state index in [2.05, 4.69) is 33.9 Å². The van der Waals surface area contributed by atoms with E-state index in [1.165, 1.54) is 5.57 Å². The van der Waals surface area contributed by atoms with Crippen LogP contribution in [0.5, 0.6) is 0 Å². The maximum atomic E-state index is 11.6. The summed E-state index contributed by atoms with van der Waals surface area (Å²) in [6, 6.07) is 0. The zero-order chi connectivity index (χ0) is 27.3. The highest BCUT2D eigenvalue weighted by Gasteiger charge is 2.77. The number of rotatable bonds is 6. The lowest BCUT2D eigenvalue weighted by Crippen LogP contribution is -2.62. The van der Waals surface area contributed by atoms with Crippen molar-refractivity contribution in [2.24, 2.45) is 5.92 Å². The van der Waals surface area contributed by atoms with Crippen LogP contribution in [0.1, 0.15) is 79.1 Å². The average molecular weight is 547 g/mol. The molecule has 8 aliphatic heterocycles. The molecule has 0 aromatic carbocycles. The van der Waals surface area contributed by atoms with Crippen LogP contribution in [0.3, 0.4) is 0 Å². The van der Waals surface area contributed by atoms with Gasteiger partial charge in [-0.1, -0.05) is 20.1 Å². The number of hydrogen-bond acceptors (Lipinski definition) is 8. The van der Waals surface area contributed by atoms with Gasteiger partial charge in [0.15, 0.2) is 5.79 Å². The summed E-state index contributed by atoms with van der Waals surface area (Å²) in [7, 11) is 0. The Balaban J connectivity index is 1.01. The van der Waals surface area contributed by atoms with Crippen molar-refractivity contribution in [2.45, 2.75) is 164 Å². The highest BCUT2D eigenvalue weighted by molar-refractivity contribution is 5.21. The van der Waals surface area contributed by atoms with E-state index in [4.69, 9.17) is 33.2 Å². The molecule has 8 saturated heterocycles. The van der Waals surface area contributed by atoms with Gasteiger partial charge in [0.05, 0.1) is 36.6 Å². The molecule has 8 nitrogen and oxygen atoms in total. The van der Waals surface area contributed by atoms with Crippen molar-refractivity contribution in [3.05, 3.63) is 24.3 Å². The molecule has 0 amide bonds. The molecular weight excluding hydrogens is 500 g/mol. The SMILES string of the molecule is C=C1C[C@H](CC[C@]23OC4[C@@H]5O[C@H]6CC[C@H](C)O[C@@H]6[C@H](O2)[C@@H]5O[C@@]4(C)[C@H]3O)O[C@H]1CC[C@H]1C[C@@H](C)C(=C)[C@@H](C)O1. The summed E-state index contributed by atoms with van der Waals surface area (Å²) >= 11 is 0. The summed E-state index contributed by atoms with van der Waals surface area (Å²) < 4.78 is 45.5. The van der Waals surface area contributed by atoms with Crippen LogP contribution in [-0.4, -0.2) is 89.7 Å². The van der Waals surface area contributed by atoms with Crippen molar-refractivity contribution in [1.82, 2.24) is 0 Å². The van der Waals surface area contributed by atoms with E-state index in [0.29, 0.717) is 18.8 Å². The Bertz CT molecular complexity index is 987. The number of aliphatic hydroxyl groups is 1. The lowest BCUT2D eigenvalue weighted by atomic mass is 9.83. The molecule has 1 unspecified atom stereocenters. The predicted octanol–water partition coefficient (Wildman–Crippen LogP) is 3.98. The minimum atomic E-state index is -1.16. The second-order valence-corrected chi connectivity index (χ2v) is 13.6. The van der Waals surface area contributed by atoms with Gasteiger partial charge < -0.3 is 38.3 Å². The summed E-state index contributed by atoms with van der Waals surface area (Å²) in [5.41, 5.74) is 1.46. The van der Waals surface area contributed by atoms with E-state index < -0.39 is 17.5 Å². The molecule has 0 aliphatic carbocycles. The molecule has 8 rings (SSSR count). The van der Waals surface area contributed by atoms with Crippen LogP contribution in [0, 0.1) is 5.92 Å². The van der Waals surface area contributed by atoms with Gasteiger partial charge in [0.2, 0.25) is 0 Å². The van der Waals surface area contributed by atoms with E-state index in [-0.39, 0.29) is 67.1 Å². The van der Waals surface area contributed by atoms with Crippen LogP contribution in [0.15, 0.2) is 24.3 Å². The maximum Gasteiger partial charge on any atom is 0.198 e. The fourth-order valence-corrected chi connectivity index (χ4v) is 8.48. The molecule has 8 aliphatic rings. The van der Waals surface area contributed by atoms with Crippen LogP contribution in [-0.2, 0) is 33.2 Å². The first-order chi connectivity index (χ1) is 18.6. The summed E-state index contributed by atoms with van der Waals surface area (Å²) in [6.07, 6.45) is 4.90. The lowest BCUT2D eigenvalue weighted by molar-refractivity contribution is -0.303. The Hall–Kier alpha value is -0.840. The second-order valence-electron chi connectivity index (χ2n) is 13.6. The van der Waals surface area contributed by atoms with Gasteiger partial charge in [0, 0.05) is 6.42 Å². The first-order valence-electron chi connectivity index (χ1n) is 15.3. The molecule has 0 aromatic rings. The Morgan fingerprint density at radius 2 is 1.64 bits per heavy atom. The largest absolute Gasteiger partial charge is 0.384 e. The van der Waals surface area contributed by atoms with Crippen LogP contribution in [0.2, 0.25) is 0 Å². The van der Waals surface area contributed by atoms with Gasteiger partial charge in [-0.05, 0) is 82.8 Å². The molecule has 8 heterocycles. The van der Waals surface area contributed by atoms with Crippen molar-refractivity contribution >= 4 is 0 Å². The Morgan fingerprint density at radius 3 is 2.44 bits per heavy atom. The third-order valence-corrected chi connectivity index (χ3v) is 10.8. The van der Waals surface area contributed by atoms with Crippen LogP contribution >= 0.6 is 0 Å². The van der Waals surface area contributed by atoms with E-state index >= 15 is 0 Å². The summed E-state index contributed by atoms with van der Waals surface area (Å²) in [6.45, 7) is 16.9. The van der Waals surface area contributed by atoms with Crippen LogP contribution in [0.4, 0.5) is 0 Å². The van der Waals surface area contributed by atoms with Crippen molar-refractivity contribution < 1.29 is 38.3 Å². The summed E-state index contributed by atoms with van der Waals surface area (Å²) in [5, 5.41) is 11.6. The van der Waals surface area contributed by atoms with E-state index in [1.54, 1.807) is 0 Å². The number of aliphatic hydroxyl groups excluding tert-OH is 1. The molecule has 8 fully saturated rings. The fraction of sp³-hybridized carbons (Fsp3) is 0.871. The van der Waals surface area contributed by atoms with Gasteiger partial charge in [0.1, 0.15) is 42.2 Å². The smallest absolute Gasteiger partial charge is 0.198 e. The summed E-state index contributed by atoms with van der Waals surface area (Å²) in [5.74, 6) is -0.678. The number of ether oxygens (including phenoxy) is 7. The molecule has 0 aromatic heterocycles. The minimum Gasteiger partial charge on any atom is -0.384 e. The highest BCUT2D eigenvalue weighted by atomic mass is 16.8. The average Bonchev–Trinajstić information content (AvgIpc) is 3.41. The van der Waals surface area contributed by atoms with Gasteiger partial charge in [-0.2, -0.15) is 0 Å². The number of hydrogen-bond donors (Lipinski definition) is 1. The maximum absolute atomic E-state index is 11.6. The molecule has 39 heavy (non-hydrogen) atoms. The minimum absolute atomic E-state index is 0.0153. The van der Waals surface area contributed by atoms with Gasteiger partial charge in [0.25, 0.3) is 0 Å². The molecular formula is C31H46O8. The first-order valence-corrected chi connectivity index (χ1v) is 15.3. The summed E-state index contributed by atoms with van der Waals surface area (Å²) in [4.78, 5) is 0. The zero-order valence-electron chi connectivity index (χ0n) is 23.9. The van der Waals surface area contributed by atoms with Crippen LogP contribution in [0.25, 0.3) is 0 Å². The second kappa shape index (κ2) is 9.60. The monoisotopic (exact) mass is 546 g/mol.